The van der Waals surface area contributed by atoms with E-state index in [0.717, 1.165) is 22.2 Å². The molecule has 0 bridgehead atoms. The summed E-state index contributed by atoms with van der Waals surface area (Å²) < 4.78 is 18.9. The standard InChI is InChI=1S/C21H27N/c1-20(2,3)14-8-10-18-16(12-14)17-13-15(21(4,5)6)9-11-19(17)22(18)7/h8-13H,1-7H3/i8D,9D. The first-order chi connectivity index (χ1) is 10.9. The first-order valence-electron chi connectivity index (χ1n) is 8.95. The molecule has 1 heterocycles. The van der Waals surface area contributed by atoms with Gasteiger partial charge in [-0.25, -0.2) is 0 Å². The molecule has 0 spiro atoms. The topological polar surface area (TPSA) is 4.93 Å². The molecule has 0 aliphatic carbocycles. The number of aromatic nitrogens is 1. The Morgan fingerprint density at radius 3 is 1.45 bits per heavy atom. The minimum atomic E-state index is -0.0599. The Morgan fingerprint density at radius 2 is 1.14 bits per heavy atom. The maximum atomic E-state index is 8.41. The van der Waals surface area contributed by atoms with Crippen molar-refractivity contribution >= 4 is 21.8 Å². The molecule has 2 aromatic carbocycles. The Kier molecular flexibility index (Phi) is 2.68. The van der Waals surface area contributed by atoms with Gasteiger partial charge in [0.15, 0.2) is 0 Å². The van der Waals surface area contributed by atoms with E-state index in [0.29, 0.717) is 12.1 Å². The molecule has 0 aliphatic rings. The molecule has 1 aromatic heterocycles. The summed E-state index contributed by atoms with van der Waals surface area (Å²) >= 11 is 0. The summed E-state index contributed by atoms with van der Waals surface area (Å²) in [4.78, 5) is 0. The largest absolute Gasteiger partial charge is 0.344 e. The van der Waals surface area contributed by atoms with Gasteiger partial charge < -0.3 is 4.57 Å². The van der Waals surface area contributed by atoms with Gasteiger partial charge in [0.05, 0.1) is 2.74 Å². The van der Waals surface area contributed by atoms with E-state index in [1.165, 1.54) is 10.8 Å². The predicted molar refractivity (Wildman–Crippen MR) is 97.8 cm³/mol. The smallest absolute Gasteiger partial charge is 0.0627 e. The van der Waals surface area contributed by atoms with Crippen LogP contribution in [0.2, 0.25) is 0 Å². The summed E-state index contributed by atoms with van der Waals surface area (Å²) in [5, 5.41) is 2.36. The molecule has 3 rings (SSSR count). The first-order valence-corrected chi connectivity index (χ1v) is 7.95. The lowest BCUT2D eigenvalue weighted by Gasteiger charge is -2.19. The van der Waals surface area contributed by atoms with Crippen molar-refractivity contribution in [3.63, 3.8) is 0 Å². The Balaban J connectivity index is 2.47. The number of hydrogen-bond acceptors (Lipinski definition) is 0. The summed E-state index contributed by atoms with van der Waals surface area (Å²) in [5.41, 5.74) is 4.14. The third-order valence-electron chi connectivity index (χ3n) is 4.49. The maximum absolute atomic E-state index is 8.41. The lowest BCUT2D eigenvalue weighted by atomic mass is 9.85. The molecule has 116 valence electrons. The summed E-state index contributed by atoms with van der Waals surface area (Å²) in [6, 6.07) is 9.46. The molecule has 0 saturated heterocycles. The van der Waals surface area contributed by atoms with Crippen molar-refractivity contribution in [2.45, 2.75) is 52.4 Å². The molecule has 1 nitrogen and oxygen atoms in total. The lowest BCUT2D eigenvalue weighted by Crippen LogP contribution is -2.10. The Morgan fingerprint density at radius 1 is 0.773 bits per heavy atom. The van der Waals surface area contributed by atoms with E-state index in [1.807, 2.05) is 19.2 Å². The van der Waals surface area contributed by atoms with Gasteiger partial charge in [0.25, 0.3) is 0 Å². The Hall–Kier alpha value is -1.76. The maximum Gasteiger partial charge on any atom is 0.0627 e. The molecule has 22 heavy (non-hydrogen) atoms. The highest BCUT2D eigenvalue weighted by Gasteiger charge is 2.18. The zero-order chi connectivity index (χ0) is 18.0. The fourth-order valence-corrected chi connectivity index (χ4v) is 2.95. The normalized spacial score (nSPS) is 14.5. The van der Waals surface area contributed by atoms with Crippen LogP contribution in [-0.2, 0) is 17.9 Å². The van der Waals surface area contributed by atoms with Gasteiger partial charge in [-0.15, -0.1) is 0 Å². The third kappa shape index (κ3) is 2.33. The number of rotatable bonds is 0. The van der Waals surface area contributed by atoms with E-state index in [4.69, 9.17) is 2.74 Å². The van der Waals surface area contributed by atoms with Crippen LogP contribution < -0.4 is 0 Å². The number of benzene rings is 2. The van der Waals surface area contributed by atoms with Crippen LogP contribution in [0, 0.1) is 0 Å². The number of hydrogen-bond donors (Lipinski definition) is 0. The molecule has 0 fully saturated rings. The van der Waals surface area contributed by atoms with Gasteiger partial charge in [-0.2, -0.15) is 0 Å². The molecule has 3 aromatic rings. The number of nitrogens with zero attached hydrogens (tertiary/aromatic N) is 1. The van der Waals surface area contributed by atoms with E-state index in [1.54, 1.807) is 0 Å². The van der Waals surface area contributed by atoms with E-state index in [2.05, 4.69) is 58.2 Å². The predicted octanol–water partition coefficient (Wildman–Crippen LogP) is 5.93. The quantitative estimate of drug-likeness (QED) is 0.484. The molecule has 0 saturated carbocycles. The van der Waals surface area contributed by atoms with Gasteiger partial charge in [-0.3, -0.25) is 0 Å². The van der Waals surface area contributed by atoms with Crippen molar-refractivity contribution in [3.8, 4) is 0 Å². The van der Waals surface area contributed by atoms with Crippen molar-refractivity contribution in [2.75, 3.05) is 0 Å². The zero-order valence-corrected chi connectivity index (χ0v) is 14.8. The molecule has 0 atom stereocenters. The third-order valence-corrected chi connectivity index (χ3v) is 4.49. The van der Waals surface area contributed by atoms with E-state index < -0.39 is 0 Å². The fraction of sp³-hybridized carbons (Fsp3) is 0.429. The van der Waals surface area contributed by atoms with Gasteiger partial charge in [0.2, 0.25) is 0 Å². The van der Waals surface area contributed by atoms with Crippen LogP contribution in [0.1, 0.15) is 55.4 Å². The lowest BCUT2D eigenvalue weighted by molar-refractivity contribution is 0.590. The molecule has 0 N–H and O–H groups in total. The molecular weight excluding hydrogens is 266 g/mol. The molecule has 0 unspecified atom stereocenters. The summed E-state index contributed by atoms with van der Waals surface area (Å²) in [7, 11) is 2.02. The van der Waals surface area contributed by atoms with Crippen molar-refractivity contribution in [3.05, 3.63) is 47.5 Å². The summed E-state index contributed by atoms with van der Waals surface area (Å²) in [5.74, 6) is 0. The highest BCUT2D eigenvalue weighted by molar-refractivity contribution is 6.08. The first kappa shape index (κ1) is 12.8. The van der Waals surface area contributed by atoms with Crippen molar-refractivity contribution in [1.82, 2.24) is 4.57 Å². The van der Waals surface area contributed by atoms with Crippen LogP contribution in [-0.4, -0.2) is 4.57 Å². The monoisotopic (exact) mass is 295 g/mol. The number of fused-ring (bicyclic) bond motifs is 3. The van der Waals surface area contributed by atoms with Crippen LogP contribution in [0.5, 0.6) is 0 Å². The molecular formula is C21H27N. The van der Waals surface area contributed by atoms with Gasteiger partial charge in [0.1, 0.15) is 0 Å². The molecule has 0 amide bonds. The number of aryl methyl sites for hydroxylation is 1. The molecule has 0 radical (unpaired) electrons. The van der Waals surface area contributed by atoms with Crippen LogP contribution in [0.3, 0.4) is 0 Å². The van der Waals surface area contributed by atoms with Gasteiger partial charge in [-0.1, -0.05) is 53.6 Å². The van der Waals surface area contributed by atoms with Crippen molar-refractivity contribution < 1.29 is 2.74 Å². The second-order valence-corrected chi connectivity index (χ2v) is 8.35. The fourth-order valence-electron chi connectivity index (χ4n) is 2.95. The van der Waals surface area contributed by atoms with E-state index in [9.17, 15) is 0 Å². The second kappa shape index (κ2) is 4.62. The molecule has 0 aliphatic heterocycles. The van der Waals surface area contributed by atoms with E-state index in [-0.39, 0.29) is 10.8 Å². The summed E-state index contributed by atoms with van der Waals surface area (Å²) in [6.45, 7) is 12.9. The highest BCUT2D eigenvalue weighted by atomic mass is 14.9. The van der Waals surface area contributed by atoms with Gasteiger partial charge >= 0.3 is 0 Å². The van der Waals surface area contributed by atoms with E-state index >= 15 is 0 Å². The highest BCUT2D eigenvalue weighted by Crippen LogP contribution is 2.35. The minimum Gasteiger partial charge on any atom is -0.344 e. The average Bonchev–Trinajstić information content (AvgIpc) is 2.67. The van der Waals surface area contributed by atoms with Crippen LogP contribution in [0.4, 0.5) is 0 Å². The summed E-state index contributed by atoms with van der Waals surface area (Å²) in [6.07, 6.45) is 0. The van der Waals surface area contributed by atoms with Crippen LogP contribution >= 0.6 is 0 Å². The molecule has 1 heteroatoms. The Labute approximate surface area is 136 Å². The zero-order valence-electron chi connectivity index (χ0n) is 16.8. The van der Waals surface area contributed by atoms with Crippen LogP contribution in [0.15, 0.2) is 36.4 Å². The van der Waals surface area contributed by atoms with Crippen LogP contribution in [0.25, 0.3) is 21.8 Å². The van der Waals surface area contributed by atoms with Crippen molar-refractivity contribution in [2.24, 2.45) is 7.05 Å². The SMILES string of the molecule is [2H]c1cc2c(cc1C(C)(C)C)c1cc(C(C)(C)C)c([2H])cc1n2C. The van der Waals surface area contributed by atoms with Gasteiger partial charge in [0, 0.05) is 28.9 Å². The van der Waals surface area contributed by atoms with Crippen molar-refractivity contribution in [1.29, 1.82) is 0 Å². The average molecular weight is 295 g/mol. The Bertz CT molecular complexity index is 873. The van der Waals surface area contributed by atoms with Gasteiger partial charge in [-0.05, 0) is 46.2 Å². The second-order valence-electron chi connectivity index (χ2n) is 8.35. The minimum absolute atomic E-state index is 0.0599.